The van der Waals surface area contributed by atoms with Gasteiger partial charge in [0.15, 0.2) is 0 Å². The van der Waals surface area contributed by atoms with Gasteiger partial charge in [0.2, 0.25) is 5.91 Å². The predicted octanol–water partition coefficient (Wildman–Crippen LogP) is 4.98. The summed E-state index contributed by atoms with van der Waals surface area (Å²) in [6.07, 6.45) is 7.43. The molecule has 1 amide bonds. The Bertz CT molecular complexity index is 1510. The highest BCUT2D eigenvalue weighted by atomic mass is 19.1. The number of hydrogen-bond acceptors (Lipinski definition) is 4. The van der Waals surface area contributed by atoms with Crippen molar-refractivity contribution < 1.29 is 9.18 Å². The number of aromatic nitrogens is 3. The van der Waals surface area contributed by atoms with Crippen LogP contribution in [0.15, 0.2) is 73.3 Å². The van der Waals surface area contributed by atoms with Crippen LogP contribution in [0.25, 0.3) is 32.8 Å². The zero-order valence-electron chi connectivity index (χ0n) is 17.3. The van der Waals surface area contributed by atoms with Crippen molar-refractivity contribution >= 4 is 27.6 Å². The summed E-state index contributed by atoms with van der Waals surface area (Å²) in [5.74, 6) is -0.815. The fraction of sp³-hybridized carbons (Fsp3) is 0.0769. The molecule has 0 aliphatic heterocycles. The summed E-state index contributed by atoms with van der Waals surface area (Å²) < 4.78 is 13.4. The topological polar surface area (TPSA) is 81.8 Å². The van der Waals surface area contributed by atoms with Crippen LogP contribution in [-0.2, 0) is 6.42 Å². The summed E-state index contributed by atoms with van der Waals surface area (Å²) in [5, 5.41) is 2.88. The molecule has 6 heteroatoms. The molecule has 5 nitrogen and oxygen atoms in total. The second-order valence-corrected chi connectivity index (χ2v) is 7.78. The van der Waals surface area contributed by atoms with Crippen molar-refractivity contribution in [3.63, 3.8) is 0 Å². The minimum Gasteiger partial charge on any atom is -0.366 e. The van der Waals surface area contributed by atoms with Gasteiger partial charge in [-0.3, -0.25) is 19.7 Å². The van der Waals surface area contributed by atoms with Gasteiger partial charge in [-0.15, -0.1) is 0 Å². The first kappa shape index (κ1) is 19.8. The Morgan fingerprint density at radius 1 is 0.938 bits per heavy atom. The Morgan fingerprint density at radius 2 is 1.78 bits per heavy atom. The number of nitrogens with two attached hydrogens (primary N) is 1. The van der Waals surface area contributed by atoms with Crippen LogP contribution in [0.2, 0.25) is 0 Å². The number of primary amides is 1. The maximum Gasteiger partial charge on any atom is 0.249 e. The average molecular weight is 422 g/mol. The average Bonchev–Trinajstić information content (AvgIpc) is 2.79. The molecule has 3 aromatic heterocycles. The van der Waals surface area contributed by atoms with Crippen molar-refractivity contribution in [1.82, 2.24) is 15.0 Å². The van der Waals surface area contributed by atoms with Gasteiger partial charge in [0.05, 0.1) is 11.1 Å². The number of carbonyl (C=O) groups is 1. The number of halogens is 1. The van der Waals surface area contributed by atoms with Crippen molar-refractivity contribution in [3.05, 3.63) is 102 Å². The van der Waals surface area contributed by atoms with E-state index in [0.29, 0.717) is 23.1 Å². The van der Waals surface area contributed by atoms with Gasteiger partial charge in [0.25, 0.3) is 0 Å². The molecule has 5 aromatic rings. The zero-order valence-corrected chi connectivity index (χ0v) is 17.3. The zero-order chi connectivity index (χ0) is 22.2. The van der Waals surface area contributed by atoms with E-state index in [1.807, 2.05) is 37.3 Å². The highest BCUT2D eigenvalue weighted by molar-refractivity contribution is 6.02. The normalized spacial score (nSPS) is 11.2. The summed E-state index contributed by atoms with van der Waals surface area (Å²) in [7, 11) is 0. The molecule has 0 saturated carbocycles. The monoisotopic (exact) mass is 422 g/mol. The Balaban J connectivity index is 1.56. The molecule has 0 aliphatic rings. The Kier molecular flexibility index (Phi) is 4.82. The summed E-state index contributed by atoms with van der Waals surface area (Å²) in [6.45, 7) is 1.86. The number of fused-ring (bicyclic) bond motifs is 2. The van der Waals surface area contributed by atoms with Crippen molar-refractivity contribution in [2.75, 3.05) is 0 Å². The van der Waals surface area contributed by atoms with Crippen molar-refractivity contribution in [2.24, 2.45) is 5.73 Å². The second-order valence-electron chi connectivity index (χ2n) is 7.78. The largest absolute Gasteiger partial charge is 0.366 e. The molecular formula is C26H19FN4O. The van der Waals surface area contributed by atoms with E-state index in [4.69, 9.17) is 5.73 Å². The number of rotatable bonds is 4. The van der Waals surface area contributed by atoms with Crippen LogP contribution in [0.1, 0.15) is 27.2 Å². The Labute approximate surface area is 183 Å². The lowest BCUT2D eigenvalue weighted by atomic mass is 9.93. The minimum absolute atomic E-state index is 0.318. The first-order valence-electron chi connectivity index (χ1n) is 10.2. The van der Waals surface area contributed by atoms with Crippen LogP contribution in [-0.4, -0.2) is 20.9 Å². The highest BCUT2D eigenvalue weighted by Crippen LogP contribution is 2.30. The number of pyridine rings is 3. The molecule has 0 aliphatic carbocycles. The van der Waals surface area contributed by atoms with Crippen LogP contribution in [0.5, 0.6) is 0 Å². The summed E-state index contributed by atoms with van der Waals surface area (Å²) in [4.78, 5) is 25.6. The molecule has 0 radical (unpaired) electrons. The van der Waals surface area contributed by atoms with Crippen LogP contribution in [0.4, 0.5) is 4.39 Å². The van der Waals surface area contributed by atoms with Crippen LogP contribution >= 0.6 is 0 Å². The minimum atomic E-state index is -0.497. The Hall–Kier alpha value is -4.19. The van der Waals surface area contributed by atoms with E-state index in [9.17, 15) is 9.18 Å². The van der Waals surface area contributed by atoms with Gasteiger partial charge in [0, 0.05) is 59.3 Å². The quantitative estimate of drug-likeness (QED) is 0.443. The smallest absolute Gasteiger partial charge is 0.249 e. The molecule has 5 rings (SSSR count). The van der Waals surface area contributed by atoms with Gasteiger partial charge < -0.3 is 5.73 Å². The van der Waals surface area contributed by atoms with Crippen molar-refractivity contribution in [3.8, 4) is 11.1 Å². The van der Waals surface area contributed by atoms with Gasteiger partial charge in [-0.1, -0.05) is 12.1 Å². The predicted molar refractivity (Wildman–Crippen MR) is 123 cm³/mol. The number of benzene rings is 2. The van der Waals surface area contributed by atoms with Crippen molar-refractivity contribution in [1.29, 1.82) is 0 Å². The van der Waals surface area contributed by atoms with E-state index >= 15 is 0 Å². The highest BCUT2D eigenvalue weighted by Gasteiger charge is 2.18. The van der Waals surface area contributed by atoms with Gasteiger partial charge >= 0.3 is 0 Å². The van der Waals surface area contributed by atoms with E-state index < -0.39 is 5.91 Å². The lowest BCUT2D eigenvalue weighted by Gasteiger charge is -2.14. The number of hydrogen-bond donors (Lipinski definition) is 1. The molecule has 0 saturated heterocycles. The van der Waals surface area contributed by atoms with Gasteiger partial charge in [-0.25, -0.2) is 4.39 Å². The summed E-state index contributed by atoms with van der Waals surface area (Å²) in [5.41, 5.74) is 10.8. The number of amides is 1. The molecule has 2 N–H and O–H groups in total. The number of carbonyl (C=O) groups excluding carboxylic acids is 1. The molecule has 0 fully saturated rings. The Morgan fingerprint density at radius 3 is 2.62 bits per heavy atom. The van der Waals surface area contributed by atoms with Gasteiger partial charge in [-0.2, -0.15) is 0 Å². The van der Waals surface area contributed by atoms with Crippen LogP contribution < -0.4 is 5.73 Å². The maximum atomic E-state index is 13.4. The third kappa shape index (κ3) is 3.56. The molecule has 0 bridgehead atoms. The number of nitrogens with zero attached hydrogens (tertiary/aromatic N) is 3. The molecular weight excluding hydrogens is 403 g/mol. The van der Waals surface area contributed by atoms with Crippen LogP contribution in [0.3, 0.4) is 0 Å². The molecule has 32 heavy (non-hydrogen) atoms. The molecule has 156 valence electrons. The molecule has 0 unspecified atom stereocenters. The second kappa shape index (κ2) is 7.81. The third-order valence-corrected chi connectivity index (χ3v) is 5.70. The van der Waals surface area contributed by atoms with E-state index in [2.05, 4.69) is 15.0 Å². The molecule has 2 aromatic carbocycles. The lowest BCUT2D eigenvalue weighted by molar-refractivity contribution is 0.1000. The first-order valence-corrected chi connectivity index (χ1v) is 10.2. The first-order chi connectivity index (χ1) is 15.5. The van der Waals surface area contributed by atoms with Crippen molar-refractivity contribution in [2.45, 2.75) is 13.3 Å². The van der Waals surface area contributed by atoms with E-state index in [1.165, 1.54) is 12.1 Å². The summed E-state index contributed by atoms with van der Waals surface area (Å²) >= 11 is 0. The third-order valence-electron chi connectivity index (χ3n) is 5.70. The van der Waals surface area contributed by atoms with Gasteiger partial charge in [-0.05, 0) is 59.3 Å². The molecule has 0 spiro atoms. The van der Waals surface area contributed by atoms with Gasteiger partial charge in [0.1, 0.15) is 5.82 Å². The fourth-order valence-electron chi connectivity index (χ4n) is 4.05. The van der Waals surface area contributed by atoms with E-state index in [0.717, 1.165) is 38.5 Å². The fourth-order valence-corrected chi connectivity index (χ4v) is 4.05. The van der Waals surface area contributed by atoms with Crippen LogP contribution in [0, 0.1) is 12.7 Å². The van der Waals surface area contributed by atoms with E-state index in [-0.39, 0.29) is 5.82 Å². The summed E-state index contributed by atoms with van der Waals surface area (Å²) in [6, 6.07) is 14.3. The molecule has 0 atom stereocenters. The van der Waals surface area contributed by atoms with E-state index in [1.54, 1.807) is 30.9 Å². The maximum absolute atomic E-state index is 13.4. The molecule has 3 heterocycles. The SMILES string of the molecule is Cc1c(Cc2cnc3cc(F)ccc3c2)ncc(-c2ccc3cnccc3c2)c1C(N)=O. The lowest BCUT2D eigenvalue weighted by Crippen LogP contribution is -2.16. The standard InChI is InChI=1S/C26H19FN4O/c1-15-23(9-16-8-19-4-5-21(27)11-24(19)30-12-16)31-14-22(25(15)26(28)32)18-2-3-20-13-29-7-6-17(20)10-18/h2-8,10-14H,9H2,1H3,(H2,28,32).